The van der Waals surface area contributed by atoms with Gasteiger partial charge in [-0.15, -0.1) is 0 Å². The molecule has 0 radical (unpaired) electrons. The molecule has 3 N–H and O–H groups in total. The predicted octanol–water partition coefficient (Wildman–Crippen LogP) is -0.646. The third-order valence-electron chi connectivity index (χ3n) is 4.60. The fraction of sp³-hybridized carbons (Fsp3) is 0.444. The first-order valence-corrected chi connectivity index (χ1v) is 9.18. The van der Waals surface area contributed by atoms with E-state index in [0.29, 0.717) is 29.4 Å². The van der Waals surface area contributed by atoms with E-state index in [0.717, 1.165) is 11.3 Å². The number of halogens is 3. The minimum absolute atomic E-state index is 0. The minimum atomic E-state index is -0.468. The van der Waals surface area contributed by atoms with Crippen LogP contribution in [0.25, 0.3) is 0 Å². The number of aryl methyl sites for hydroxylation is 1. The summed E-state index contributed by atoms with van der Waals surface area (Å²) < 4.78 is 3.97. The number of hydrogen-bond donors (Lipinski definition) is 3. The first kappa shape index (κ1) is 23.7. The topological polar surface area (TPSA) is 78.4 Å². The van der Waals surface area contributed by atoms with Gasteiger partial charge in [0.1, 0.15) is 18.4 Å². The molecule has 6 nitrogen and oxygen atoms in total. The molecule has 0 aliphatic heterocycles. The van der Waals surface area contributed by atoms with Crippen molar-refractivity contribution in [1.82, 2.24) is 10.0 Å². The number of amides is 1. The Labute approximate surface area is 175 Å². The molecule has 2 rings (SSSR count). The molecular formula is C18H24Cl3N3O3. The van der Waals surface area contributed by atoms with E-state index < -0.39 is 11.8 Å². The second kappa shape index (κ2) is 10.9. The van der Waals surface area contributed by atoms with E-state index in [1.165, 1.54) is 0 Å². The average molecular weight is 437 g/mol. The number of carbonyl (C=O) groups excluding carboxylic acids is 1. The Kier molecular flexibility index (Phi) is 9.56. The molecular weight excluding hydrogens is 413 g/mol. The maximum Gasteiger partial charge on any atom is 0.246 e. The molecule has 0 saturated heterocycles. The van der Waals surface area contributed by atoms with Crippen molar-refractivity contribution < 1.29 is 32.1 Å². The fourth-order valence-electron chi connectivity index (χ4n) is 3.16. The number of aromatic nitrogens is 2. The largest absolute Gasteiger partial charge is 1.00 e. The number of rotatable bonds is 8. The van der Waals surface area contributed by atoms with Gasteiger partial charge >= 0.3 is 0 Å². The van der Waals surface area contributed by atoms with Crippen LogP contribution < -0.4 is 22.5 Å². The fourth-order valence-corrected chi connectivity index (χ4v) is 3.48. The Bertz CT molecular complexity index is 768. The highest BCUT2D eigenvalue weighted by molar-refractivity contribution is 6.42. The zero-order chi connectivity index (χ0) is 19.3. The molecule has 0 aliphatic rings. The summed E-state index contributed by atoms with van der Waals surface area (Å²) in [5.41, 5.74) is 3.69. The number of benzene rings is 1. The number of aliphatic hydroxyl groups is 1. The van der Waals surface area contributed by atoms with Crippen molar-refractivity contribution >= 4 is 29.1 Å². The predicted molar refractivity (Wildman–Crippen MR) is 99.2 cm³/mol. The van der Waals surface area contributed by atoms with Crippen LogP contribution in [-0.2, 0) is 24.8 Å². The quantitative estimate of drug-likeness (QED) is 0.292. The number of nitrogens with one attached hydrogen (secondary N) is 1. The molecule has 0 spiro atoms. The van der Waals surface area contributed by atoms with Gasteiger partial charge in [-0.25, -0.2) is 14.6 Å². The van der Waals surface area contributed by atoms with Crippen molar-refractivity contribution in [3.05, 3.63) is 52.0 Å². The molecule has 0 bridgehead atoms. The molecule has 1 aromatic heterocycles. The van der Waals surface area contributed by atoms with E-state index >= 15 is 0 Å². The van der Waals surface area contributed by atoms with Crippen LogP contribution in [0.3, 0.4) is 0 Å². The molecule has 1 aromatic carbocycles. The molecule has 0 aliphatic carbocycles. The van der Waals surface area contributed by atoms with Gasteiger partial charge in [0, 0.05) is 24.9 Å². The maximum absolute atomic E-state index is 11.8. The van der Waals surface area contributed by atoms with E-state index in [4.69, 9.17) is 28.4 Å². The number of imidazole rings is 1. The first-order chi connectivity index (χ1) is 12.4. The third kappa shape index (κ3) is 6.09. The van der Waals surface area contributed by atoms with Crippen molar-refractivity contribution in [2.24, 2.45) is 18.9 Å². The van der Waals surface area contributed by atoms with E-state index in [1.54, 1.807) is 11.5 Å². The van der Waals surface area contributed by atoms with Crippen LogP contribution in [0.4, 0.5) is 0 Å². The molecule has 2 aromatic rings. The number of carbonyl (C=O) groups is 1. The summed E-state index contributed by atoms with van der Waals surface area (Å²) in [5, 5.41) is 19.7. The van der Waals surface area contributed by atoms with Gasteiger partial charge < -0.3 is 17.5 Å². The van der Waals surface area contributed by atoms with Crippen LogP contribution >= 0.6 is 23.2 Å². The van der Waals surface area contributed by atoms with E-state index in [1.807, 2.05) is 47.8 Å². The molecule has 150 valence electrons. The molecule has 0 saturated carbocycles. The second-order valence-electron chi connectivity index (χ2n) is 6.41. The lowest BCUT2D eigenvalue weighted by atomic mass is 9.86. The van der Waals surface area contributed by atoms with Gasteiger partial charge in [0.2, 0.25) is 12.2 Å². The lowest BCUT2D eigenvalue weighted by molar-refractivity contribution is -0.688. The van der Waals surface area contributed by atoms with Crippen LogP contribution in [0.5, 0.6) is 0 Å². The summed E-state index contributed by atoms with van der Waals surface area (Å²) in [6, 6.07) is 5.52. The number of hydrogen-bond acceptors (Lipinski definition) is 3. The number of hydroxylamine groups is 1. The van der Waals surface area contributed by atoms with Gasteiger partial charge in [0.05, 0.1) is 17.1 Å². The average Bonchev–Trinajstić information content (AvgIpc) is 2.96. The number of nitrogens with zero attached hydrogens (tertiary/aromatic N) is 2. The number of aliphatic hydroxyl groups excluding tert-OH is 1. The maximum atomic E-state index is 11.8. The second-order valence-corrected chi connectivity index (χ2v) is 7.22. The van der Waals surface area contributed by atoms with Gasteiger partial charge in [0.25, 0.3) is 0 Å². The highest BCUT2D eigenvalue weighted by Crippen LogP contribution is 2.23. The van der Waals surface area contributed by atoms with Crippen molar-refractivity contribution in [2.45, 2.75) is 26.3 Å². The van der Waals surface area contributed by atoms with E-state index in [9.17, 15) is 9.90 Å². The molecule has 27 heavy (non-hydrogen) atoms. The minimum Gasteiger partial charge on any atom is -1.00 e. The van der Waals surface area contributed by atoms with Crippen LogP contribution in [0.1, 0.15) is 24.6 Å². The lowest BCUT2D eigenvalue weighted by Gasteiger charge is -2.21. The van der Waals surface area contributed by atoms with Gasteiger partial charge in [-0.05, 0) is 24.1 Å². The summed E-state index contributed by atoms with van der Waals surface area (Å²) in [6.07, 6.45) is 4.98. The summed E-state index contributed by atoms with van der Waals surface area (Å²) in [7, 11) is 1.92. The zero-order valence-corrected chi connectivity index (χ0v) is 17.5. The van der Waals surface area contributed by atoms with Crippen LogP contribution in [0.15, 0.2) is 30.7 Å². The Balaban J connectivity index is 0.00000364. The first-order valence-electron chi connectivity index (χ1n) is 8.42. The smallest absolute Gasteiger partial charge is 0.246 e. The Hall–Kier alpha value is -1.31. The highest BCUT2D eigenvalue weighted by Gasteiger charge is 2.28. The Morgan fingerprint density at radius 1 is 1.33 bits per heavy atom. The van der Waals surface area contributed by atoms with Gasteiger partial charge in [-0.2, -0.15) is 0 Å². The summed E-state index contributed by atoms with van der Waals surface area (Å²) >= 11 is 12.0. The van der Waals surface area contributed by atoms with Gasteiger partial charge in [0.15, 0.2) is 0 Å². The third-order valence-corrected chi connectivity index (χ3v) is 5.34. The summed E-state index contributed by atoms with van der Waals surface area (Å²) in [5.74, 6) is -1.20. The summed E-state index contributed by atoms with van der Waals surface area (Å²) in [6.45, 7) is 2.35. The molecule has 2 atom stereocenters. The standard InChI is InChI=1S/C18H23Cl2N3O3.ClH/c1-3-15(18(25)21-26)13(10-24)7-14-9-23(11-22(14)2)8-12-4-5-16(19)17(20)6-12;/h4-6,9,11,13,15,24H,3,7-8,10H2,1-2H3,(H-,21,25,26);1H. The van der Waals surface area contributed by atoms with Crippen LogP contribution in [-0.4, -0.2) is 27.4 Å². The Morgan fingerprint density at radius 2 is 2.04 bits per heavy atom. The zero-order valence-electron chi connectivity index (χ0n) is 15.2. The molecule has 1 heterocycles. The van der Waals surface area contributed by atoms with Crippen molar-refractivity contribution in [2.75, 3.05) is 6.61 Å². The van der Waals surface area contributed by atoms with Crippen molar-refractivity contribution in [3.63, 3.8) is 0 Å². The lowest BCUT2D eigenvalue weighted by Crippen LogP contribution is -3.00. The van der Waals surface area contributed by atoms with Crippen molar-refractivity contribution in [1.29, 1.82) is 0 Å². The monoisotopic (exact) mass is 435 g/mol. The molecule has 0 fully saturated rings. The van der Waals surface area contributed by atoms with E-state index in [2.05, 4.69) is 0 Å². The summed E-state index contributed by atoms with van der Waals surface area (Å²) in [4.78, 5) is 11.8. The Morgan fingerprint density at radius 3 is 2.59 bits per heavy atom. The van der Waals surface area contributed by atoms with Crippen molar-refractivity contribution in [3.8, 4) is 0 Å². The molecule has 2 unspecified atom stereocenters. The van der Waals surface area contributed by atoms with E-state index in [-0.39, 0.29) is 24.9 Å². The highest BCUT2D eigenvalue weighted by atomic mass is 35.5. The van der Waals surface area contributed by atoms with Gasteiger partial charge in [-0.1, -0.05) is 36.2 Å². The van der Waals surface area contributed by atoms with Crippen LogP contribution in [0, 0.1) is 11.8 Å². The van der Waals surface area contributed by atoms with Gasteiger partial charge in [-0.3, -0.25) is 10.0 Å². The van der Waals surface area contributed by atoms with Crippen LogP contribution in [0.2, 0.25) is 10.0 Å². The molecule has 1 amide bonds. The normalized spacial score (nSPS) is 13.0. The SMILES string of the molecule is CCC(C(=O)NO)C(CO)Cc1c[n+](Cc2ccc(Cl)c(Cl)c2)cn1C.[Cl-]. The molecule has 9 heteroatoms.